The predicted octanol–water partition coefficient (Wildman–Crippen LogP) is 5.15. The third-order valence-corrected chi connectivity index (χ3v) is 5.88. The number of aromatic nitrogens is 2. The molecule has 156 valence electrons. The summed E-state index contributed by atoms with van der Waals surface area (Å²) in [6.07, 6.45) is 0. The van der Waals surface area contributed by atoms with E-state index in [-0.39, 0.29) is 11.3 Å². The standard InChI is InChI=1S/C24H20N2O4S/c1-15-13-14-19(31-15)17-11-7-8-12-18(17)21-20(23(27)29-2)22(24(28)30-3)26(25-21)16-9-5-4-6-10-16/h4-14H,1-3H3. The summed E-state index contributed by atoms with van der Waals surface area (Å²) in [7, 11) is 2.55. The van der Waals surface area contributed by atoms with Crippen LogP contribution in [0, 0.1) is 6.92 Å². The first-order valence-corrected chi connectivity index (χ1v) is 10.4. The minimum atomic E-state index is -0.674. The Kier molecular flexibility index (Phi) is 5.68. The van der Waals surface area contributed by atoms with Crippen LogP contribution < -0.4 is 0 Å². The van der Waals surface area contributed by atoms with Crippen LogP contribution in [-0.2, 0) is 9.47 Å². The van der Waals surface area contributed by atoms with Crippen molar-refractivity contribution >= 4 is 23.3 Å². The number of nitrogens with zero attached hydrogens (tertiary/aromatic N) is 2. The van der Waals surface area contributed by atoms with E-state index in [2.05, 4.69) is 0 Å². The molecule has 4 aromatic rings. The number of methoxy groups -OCH3 is 2. The van der Waals surface area contributed by atoms with Gasteiger partial charge in [-0.1, -0.05) is 42.5 Å². The summed E-state index contributed by atoms with van der Waals surface area (Å²) < 4.78 is 11.5. The van der Waals surface area contributed by atoms with Crippen molar-refractivity contribution in [1.29, 1.82) is 0 Å². The van der Waals surface area contributed by atoms with Crippen molar-refractivity contribution in [2.24, 2.45) is 0 Å². The number of carbonyl (C=O) groups is 2. The summed E-state index contributed by atoms with van der Waals surface area (Å²) >= 11 is 1.65. The van der Waals surface area contributed by atoms with Gasteiger partial charge in [-0.3, -0.25) is 0 Å². The summed E-state index contributed by atoms with van der Waals surface area (Å²) in [6.45, 7) is 2.04. The number of hydrogen-bond acceptors (Lipinski definition) is 6. The molecular weight excluding hydrogens is 412 g/mol. The molecule has 0 aliphatic heterocycles. The largest absolute Gasteiger partial charge is 0.465 e. The van der Waals surface area contributed by atoms with Gasteiger partial charge in [0.1, 0.15) is 11.3 Å². The fraction of sp³-hybridized carbons (Fsp3) is 0.125. The smallest absolute Gasteiger partial charge is 0.357 e. The fourth-order valence-corrected chi connectivity index (χ4v) is 4.33. The minimum absolute atomic E-state index is 0.0210. The van der Waals surface area contributed by atoms with Crippen molar-refractivity contribution in [3.05, 3.63) is 82.9 Å². The van der Waals surface area contributed by atoms with Gasteiger partial charge in [-0.25, -0.2) is 14.3 Å². The number of aryl methyl sites for hydroxylation is 1. The molecule has 0 spiro atoms. The number of thiophene rings is 1. The first-order valence-electron chi connectivity index (χ1n) is 9.56. The highest BCUT2D eigenvalue weighted by molar-refractivity contribution is 7.15. The number of para-hydroxylation sites is 1. The van der Waals surface area contributed by atoms with E-state index in [0.29, 0.717) is 11.4 Å². The van der Waals surface area contributed by atoms with Crippen LogP contribution in [0.4, 0.5) is 0 Å². The molecule has 0 saturated heterocycles. The van der Waals surface area contributed by atoms with Crippen molar-refractivity contribution in [2.75, 3.05) is 14.2 Å². The summed E-state index contributed by atoms with van der Waals surface area (Å²) in [5, 5.41) is 4.70. The van der Waals surface area contributed by atoms with Gasteiger partial charge in [0, 0.05) is 20.9 Å². The van der Waals surface area contributed by atoms with Crippen molar-refractivity contribution in [3.8, 4) is 27.4 Å². The van der Waals surface area contributed by atoms with Crippen LogP contribution in [-0.4, -0.2) is 35.9 Å². The molecule has 31 heavy (non-hydrogen) atoms. The second-order valence-corrected chi connectivity index (χ2v) is 8.05. The molecule has 0 saturated carbocycles. The predicted molar refractivity (Wildman–Crippen MR) is 120 cm³/mol. The Balaban J connectivity index is 2.05. The van der Waals surface area contributed by atoms with Gasteiger partial charge in [0.2, 0.25) is 0 Å². The number of benzene rings is 2. The first kappa shape index (κ1) is 20.6. The van der Waals surface area contributed by atoms with Crippen LogP contribution in [0.15, 0.2) is 66.7 Å². The zero-order valence-corrected chi connectivity index (χ0v) is 18.1. The number of ether oxygens (including phenoxy) is 2. The van der Waals surface area contributed by atoms with Gasteiger partial charge in [-0.2, -0.15) is 5.10 Å². The average Bonchev–Trinajstić information content (AvgIpc) is 3.42. The molecular formula is C24H20N2O4S. The SMILES string of the molecule is COC(=O)c1c(-c2ccccc2-c2ccc(C)s2)nn(-c2ccccc2)c1C(=O)OC. The summed E-state index contributed by atoms with van der Waals surface area (Å²) in [5.74, 6) is -1.33. The van der Waals surface area contributed by atoms with Gasteiger partial charge in [0.15, 0.2) is 5.69 Å². The van der Waals surface area contributed by atoms with Crippen molar-refractivity contribution in [1.82, 2.24) is 9.78 Å². The molecule has 0 aliphatic rings. The first-order chi connectivity index (χ1) is 15.0. The number of hydrogen-bond donors (Lipinski definition) is 0. The topological polar surface area (TPSA) is 70.4 Å². The monoisotopic (exact) mass is 432 g/mol. The highest BCUT2D eigenvalue weighted by Crippen LogP contribution is 2.38. The Morgan fingerprint density at radius 3 is 2.10 bits per heavy atom. The molecule has 0 bridgehead atoms. The van der Waals surface area contributed by atoms with Crippen LogP contribution in [0.5, 0.6) is 0 Å². The maximum Gasteiger partial charge on any atom is 0.357 e. The van der Waals surface area contributed by atoms with Crippen LogP contribution in [0.25, 0.3) is 27.4 Å². The molecule has 0 fully saturated rings. The molecule has 0 N–H and O–H groups in total. The Morgan fingerprint density at radius 1 is 0.839 bits per heavy atom. The maximum absolute atomic E-state index is 12.9. The number of rotatable bonds is 5. The lowest BCUT2D eigenvalue weighted by Crippen LogP contribution is -2.15. The van der Waals surface area contributed by atoms with Crippen LogP contribution in [0.1, 0.15) is 25.7 Å². The minimum Gasteiger partial charge on any atom is -0.465 e. The molecule has 2 aromatic heterocycles. The van der Waals surface area contributed by atoms with E-state index in [4.69, 9.17) is 14.6 Å². The normalized spacial score (nSPS) is 10.7. The van der Waals surface area contributed by atoms with Crippen LogP contribution in [0.3, 0.4) is 0 Å². The molecule has 0 amide bonds. The molecule has 7 heteroatoms. The van der Waals surface area contributed by atoms with E-state index in [1.807, 2.05) is 61.5 Å². The number of carbonyl (C=O) groups excluding carboxylic acids is 2. The Labute approximate surface area is 183 Å². The zero-order chi connectivity index (χ0) is 22.0. The molecule has 6 nitrogen and oxygen atoms in total. The zero-order valence-electron chi connectivity index (χ0n) is 17.3. The molecule has 0 atom stereocenters. The lowest BCUT2D eigenvalue weighted by atomic mass is 9.99. The van der Waals surface area contributed by atoms with Gasteiger partial charge in [0.25, 0.3) is 0 Å². The average molecular weight is 433 g/mol. The fourth-order valence-electron chi connectivity index (χ4n) is 3.43. The molecule has 0 radical (unpaired) electrons. The third-order valence-electron chi connectivity index (χ3n) is 4.84. The van der Waals surface area contributed by atoms with Crippen LogP contribution >= 0.6 is 11.3 Å². The Bertz CT molecular complexity index is 1260. The molecule has 0 aliphatic carbocycles. The Morgan fingerprint density at radius 2 is 1.48 bits per heavy atom. The third kappa shape index (κ3) is 3.75. The van der Waals surface area contributed by atoms with Gasteiger partial charge in [-0.15, -0.1) is 11.3 Å². The second-order valence-electron chi connectivity index (χ2n) is 6.76. The van der Waals surface area contributed by atoms with E-state index in [9.17, 15) is 9.59 Å². The van der Waals surface area contributed by atoms with Gasteiger partial charge >= 0.3 is 11.9 Å². The maximum atomic E-state index is 12.9. The Hall–Kier alpha value is -3.71. The van der Waals surface area contributed by atoms with Gasteiger partial charge in [-0.05, 0) is 31.2 Å². The summed E-state index contributed by atoms with van der Waals surface area (Å²) in [5.41, 5.74) is 2.72. The lowest BCUT2D eigenvalue weighted by Gasteiger charge is -2.08. The van der Waals surface area contributed by atoms with Crippen molar-refractivity contribution in [3.63, 3.8) is 0 Å². The van der Waals surface area contributed by atoms with E-state index in [1.54, 1.807) is 23.5 Å². The summed E-state index contributed by atoms with van der Waals surface area (Å²) in [4.78, 5) is 27.8. The summed E-state index contributed by atoms with van der Waals surface area (Å²) in [6, 6.07) is 20.9. The molecule has 4 rings (SSSR count). The van der Waals surface area contributed by atoms with E-state index < -0.39 is 11.9 Å². The molecule has 2 aromatic carbocycles. The second kappa shape index (κ2) is 8.57. The van der Waals surface area contributed by atoms with E-state index >= 15 is 0 Å². The highest BCUT2D eigenvalue weighted by Gasteiger charge is 2.32. The van der Waals surface area contributed by atoms with Gasteiger partial charge < -0.3 is 9.47 Å². The van der Waals surface area contributed by atoms with Crippen LogP contribution in [0.2, 0.25) is 0 Å². The van der Waals surface area contributed by atoms with Crippen molar-refractivity contribution < 1.29 is 19.1 Å². The highest BCUT2D eigenvalue weighted by atomic mass is 32.1. The molecule has 2 heterocycles. The lowest BCUT2D eigenvalue weighted by molar-refractivity contribution is 0.0549. The van der Waals surface area contributed by atoms with Gasteiger partial charge in [0.05, 0.1) is 19.9 Å². The quantitative estimate of drug-likeness (QED) is 0.408. The van der Waals surface area contributed by atoms with E-state index in [0.717, 1.165) is 16.0 Å². The van der Waals surface area contributed by atoms with E-state index in [1.165, 1.54) is 23.8 Å². The van der Waals surface area contributed by atoms with Crippen molar-refractivity contribution in [2.45, 2.75) is 6.92 Å². The molecule has 0 unspecified atom stereocenters. The number of esters is 2.